The molecule has 1 fully saturated rings. The molecule has 0 aliphatic carbocycles. The zero-order chi connectivity index (χ0) is 13.3. The molecule has 1 aromatic heterocycles. The van der Waals surface area contributed by atoms with E-state index in [0.717, 1.165) is 36.5 Å². The largest absolute Gasteiger partial charge is 0.393 e. The zero-order valence-electron chi connectivity index (χ0n) is 10.8. The van der Waals surface area contributed by atoms with Gasteiger partial charge in [-0.2, -0.15) is 0 Å². The zero-order valence-corrected chi connectivity index (χ0v) is 11.6. The summed E-state index contributed by atoms with van der Waals surface area (Å²) in [6.07, 6.45) is 2.47. The molecule has 1 aliphatic rings. The molecule has 2 heterocycles. The predicted octanol–water partition coefficient (Wildman–Crippen LogP) is 1.23. The third kappa shape index (κ3) is 2.47. The number of nitrogens with zero attached hydrogens (tertiary/aromatic N) is 2. The summed E-state index contributed by atoms with van der Waals surface area (Å²) in [7, 11) is 0. The number of hydrogen-bond donors (Lipinski definition) is 2. The van der Waals surface area contributed by atoms with Crippen LogP contribution in [0.25, 0.3) is 0 Å². The summed E-state index contributed by atoms with van der Waals surface area (Å²) in [5.41, 5.74) is 7.70. The third-order valence-electron chi connectivity index (χ3n) is 3.59. The van der Waals surface area contributed by atoms with Crippen molar-refractivity contribution in [3.63, 3.8) is 0 Å². The minimum Gasteiger partial charge on any atom is -0.393 e. The Morgan fingerprint density at radius 2 is 2.39 bits per heavy atom. The monoisotopic (exact) mass is 265 g/mol. The van der Waals surface area contributed by atoms with E-state index < -0.39 is 0 Å². The van der Waals surface area contributed by atoms with Gasteiger partial charge in [0.05, 0.1) is 11.7 Å². The van der Waals surface area contributed by atoms with Gasteiger partial charge in [-0.05, 0) is 31.9 Å². The average molecular weight is 265 g/mol. The fourth-order valence-corrected chi connectivity index (χ4v) is 2.71. The van der Waals surface area contributed by atoms with Crippen LogP contribution < -0.4 is 10.6 Å². The topological polar surface area (TPSA) is 62.4 Å². The van der Waals surface area contributed by atoms with Crippen molar-refractivity contribution in [3.05, 3.63) is 23.4 Å². The molecule has 18 heavy (non-hydrogen) atoms. The second kappa shape index (κ2) is 5.20. The maximum Gasteiger partial charge on any atom is 0.139 e. The van der Waals surface area contributed by atoms with Crippen LogP contribution in [0.2, 0.25) is 0 Å². The molecule has 0 amide bonds. The molecule has 0 bridgehead atoms. The summed E-state index contributed by atoms with van der Waals surface area (Å²) in [6.45, 7) is 5.53. The number of aliphatic hydroxyl groups excluding tert-OH is 1. The minimum atomic E-state index is -0.284. The Bertz CT molecular complexity index is 462. The number of thiocarbonyl (C=S) groups is 1. The van der Waals surface area contributed by atoms with Gasteiger partial charge in [-0.1, -0.05) is 12.2 Å². The van der Waals surface area contributed by atoms with E-state index >= 15 is 0 Å². The number of hydrogen-bond acceptors (Lipinski definition) is 4. The predicted molar refractivity (Wildman–Crippen MR) is 76.9 cm³/mol. The Morgan fingerprint density at radius 1 is 1.67 bits per heavy atom. The lowest BCUT2D eigenvalue weighted by molar-refractivity contribution is 0.136. The minimum absolute atomic E-state index is 0.284. The molecule has 5 heteroatoms. The van der Waals surface area contributed by atoms with Crippen molar-refractivity contribution in [1.29, 1.82) is 0 Å². The first kappa shape index (κ1) is 13.2. The Morgan fingerprint density at radius 3 is 2.94 bits per heavy atom. The Labute approximate surface area is 113 Å². The lowest BCUT2D eigenvalue weighted by Crippen LogP contribution is -2.27. The first-order valence-corrected chi connectivity index (χ1v) is 6.60. The van der Waals surface area contributed by atoms with E-state index in [4.69, 9.17) is 18.0 Å². The van der Waals surface area contributed by atoms with E-state index in [2.05, 4.69) is 9.88 Å². The van der Waals surface area contributed by atoms with Crippen LogP contribution in [0.15, 0.2) is 12.3 Å². The Kier molecular flexibility index (Phi) is 3.82. The van der Waals surface area contributed by atoms with Crippen molar-refractivity contribution in [3.8, 4) is 0 Å². The van der Waals surface area contributed by atoms with Gasteiger partial charge in [-0.25, -0.2) is 4.98 Å². The number of aromatic nitrogens is 1. The lowest BCUT2D eigenvalue weighted by Gasteiger charge is -2.22. The summed E-state index contributed by atoms with van der Waals surface area (Å²) in [6, 6.07) is 1.92. The summed E-state index contributed by atoms with van der Waals surface area (Å²) in [5, 5.41) is 9.65. The highest BCUT2D eigenvalue weighted by Gasteiger charge is 2.28. The Hall–Kier alpha value is -1.20. The lowest BCUT2D eigenvalue weighted by atomic mass is 10.0. The highest BCUT2D eigenvalue weighted by atomic mass is 32.1. The molecule has 1 saturated heterocycles. The number of aryl methyl sites for hydroxylation is 1. The molecular formula is C13H19N3OS. The standard InChI is InChI=1S/C13H19N3OS/c1-8-3-5-15-13(11(8)12(14)18)16-6-4-10(7-16)9(2)17/h3,5,9-10,17H,4,6-7H2,1-2H3,(H2,14,18). The molecular weight excluding hydrogens is 246 g/mol. The summed E-state index contributed by atoms with van der Waals surface area (Å²) in [5.74, 6) is 1.15. The number of aliphatic hydroxyl groups is 1. The van der Waals surface area contributed by atoms with Crippen LogP contribution in [0.5, 0.6) is 0 Å². The van der Waals surface area contributed by atoms with Gasteiger partial charge in [0.1, 0.15) is 10.8 Å². The summed E-state index contributed by atoms with van der Waals surface area (Å²) < 4.78 is 0. The molecule has 0 saturated carbocycles. The maximum atomic E-state index is 9.65. The summed E-state index contributed by atoms with van der Waals surface area (Å²) in [4.78, 5) is 6.96. The average Bonchev–Trinajstić information content (AvgIpc) is 2.77. The molecule has 0 spiro atoms. The van der Waals surface area contributed by atoms with Gasteiger partial charge >= 0.3 is 0 Å². The first-order chi connectivity index (χ1) is 8.50. The molecule has 98 valence electrons. The van der Waals surface area contributed by atoms with E-state index in [0.29, 0.717) is 10.9 Å². The maximum absolute atomic E-state index is 9.65. The molecule has 1 aliphatic heterocycles. The fourth-order valence-electron chi connectivity index (χ4n) is 2.46. The van der Waals surface area contributed by atoms with Crippen LogP contribution in [0, 0.1) is 12.8 Å². The smallest absolute Gasteiger partial charge is 0.139 e. The molecule has 4 nitrogen and oxygen atoms in total. The van der Waals surface area contributed by atoms with E-state index in [-0.39, 0.29) is 6.10 Å². The van der Waals surface area contributed by atoms with Gasteiger partial charge in [0.2, 0.25) is 0 Å². The van der Waals surface area contributed by atoms with Crippen molar-refractivity contribution in [2.75, 3.05) is 18.0 Å². The van der Waals surface area contributed by atoms with Crippen LogP contribution in [-0.2, 0) is 0 Å². The van der Waals surface area contributed by atoms with Gasteiger partial charge in [0.15, 0.2) is 0 Å². The second-order valence-electron chi connectivity index (χ2n) is 4.93. The van der Waals surface area contributed by atoms with Crippen molar-refractivity contribution in [2.24, 2.45) is 11.7 Å². The van der Waals surface area contributed by atoms with Gasteiger partial charge in [0, 0.05) is 25.2 Å². The molecule has 1 aromatic rings. The van der Waals surface area contributed by atoms with Crippen LogP contribution in [0.3, 0.4) is 0 Å². The molecule has 2 rings (SSSR count). The fraction of sp³-hybridized carbons (Fsp3) is 0.538. The SMILES string of the molecule is Cc1ccnc(N2CCC(C(C)O)C2)c1C(N)=S. The normalized spacial score (nSPS) is 21.1. The van der Waals surface area contributed by atoms with E-state index in [9.17, 15) is 5.11 Å². The van der Waals surface area contributed by atoms with E-state index in [1.54, 1.807) is 6.20 Å². The van der Waals surface area contributed by atoms with E-state index in [1.165, 1.54) is 0 Å². The van der Waals surface area contributed by atoms with Crippen molar-refractivity contribution in [1.82, 2.24) is 4.98 Å². The van der Waals surface area contributed by atoms with Crippen LogP contribution >= 0.6 is 12.2 Å². The number of rotatable bonds is 3. The third-order valence-corrected chi connectivity index (χ3v) is 3.80. The molecule has 2 unspecified atom stereocenters. The van der Waals surface area contributed by atoms with Crippen LogP contribution in [0.1, 0.15) is 24.5 Å². The molecule has 3 N–H and O–H groups in total. The van der Waals surface area contributed by atoms with Gasteiger partial charge in [-0.3, -0.25) is 0 Å². The van der Waals surface area contributed by atoms with Crippen LogP contribution in [0.4, 0.5) is 5.82 Å². The first-order valence-electron chi connectivity index (χ1n) is 6.19. The number of anilines is 1. The quantitative estimate of drug-likeness (QED) is 0.805. The molecule has 2 atom stereocenters. The molecule has 0 aromatic carbocycles. The van der Waals surface area contributed by atoms with Gasteiger partial charge in [-0.15, -0.1) is 0 Å². The molecule has 0 radical (unpaired) electrons. The Balaban J connectivity index is 2.30. The highest BCUT2D eigenvalue weighted by molar-refractivity contribution is 7.80. The van der Waals surface area contributed by atoms with Crippen LogP contribution in [-0.4, -0.2) is 34.3 Å². The van der Waals surface area contributed by atoms with Gasteiger partial charge in [0.25, 0.3) is 0 Å². The second-order valence-corrected chi connectivity index (χ2v) is 5.37. The highest BCUT2D eigenvalue weighted by Crippen LogP contribution is 2.28. The van der Waals surface area contributed by atoms with E-state index in [1.807, 2.05) is 19.9 Å². The van der Waals surface area contributed by atoms with Crippen molar-refractivity contribution >= 4 is 23.0 Å². The number of nitrogens with two attached hydrogens (primary N) is 1. The summed E-state index contributed by atoms with van der Waals surface area (Å²) >= 11 is 5.12. The van der Waals surface area contributed by atoms with Crippen molar-refractivity contribution in [2.45, 2.75) is 26.4 Å². The number of pyridine rings is 1. The van der Waals surface area contributed by atoms with Crippen molar-refractivity contribution < 1.29 is 5.11 Å². The van der Waals surface area contributed by atoms with Gasteiger partial charge < -0.3 is 15.7 Å².